The molecule has 1 aliphatic carbocycles. The first kappa shape index (κ1) is 16.5. The number of likely N-dealkylation sites (tertiary alicyclic amines) is 1. The van der Waals surface area contributed by atoms with Crippen LogP contribution in [0.25, 0.3) is 0 Å². The van der Waals surface area contributed by atoms with Gasteiger partial charge in [-0.15, -0.1) is 0 Å². The van der Waals surface area contributed by atoms with E-state index in [0.717, 1.165) is 25.3 Å². The van der Waals surface area contributed by atoms with E-state index < -0.39 is 10.0 Å². The van der Waals surface area contributed by atoms with Gasteiger partial charge in [0, 0.05) is 19.1 Å². The highest BCUT2D eigenvalue weighted by Crippen LogP contribution is 2.28. The van der Waals surface area contributed by atoms with Gasteiger partial charge in [0.05, 0.1) is 0 Å². The molecular formula is C15H23N3O4S. The minimum atomic E-state index is -3.66. The van der Waals surface area contributed by atoms with Crippen LogP contribution in [0.1, 0.15) is 36.2 Å². The number of furan rings is 1. The van der Waals surface area contributed by atoms with Gasteiger partial charge in [-0.05, 0) is 57.3 Å². The van der Waals surface area contributed by atoms with E-state index in [1.54, 1.807) is 4.90 Å². The van der Waals surface area contributed by atoms with Crippen molar-refractivity contribution in [1.82, 2.24) is 14.9 Å². The maximum atomic E-state index is 12.4. The Balaban J connectivity index is 1.54. The molecule has 1 aromatic heterocycles. The van der Waals surface area contributed by atoms with Gasteiger partial charge in [-0.2, -0.15) is 0 Å². The molecule has 1 saturated heterocycles. The molecule has 128 valence electrons. The van der Waals surface area contributed by atoms with Crippen molar-refractivity contribution in [2.45, 2.75) is 36.8 Å². The Morgan fingerprint density at radius 2 is 1.96 bits per heavy atom. The van der Waals surface area contributed by atoms with Crippen molar-refractivity contribution >= 4 is 15.9 Å². The molecule has 3 rings (SSSR count). The number of nitrogens with zero attached hydrogens (tertiary/aromatic N) is 1. The van der Waals surface area contributed by atoms with Crippen LogP contribution in [0.15, 0.2) is 21.6 Å². The Morgan fingerprint density at radius 1 is 1.26 bits per heavy atom. The fourth-order valence-corrected chi connectivity index (χ4v) is 3.43. The zero-order valence-corrected chi connectivity index (χ0v) is 14.1. The molecule has 2 N–H and O–H groups in total. The zero-order valence-electron chi connectivity index (χ0n) is 13.2. The minimum Gasteiger partial charge on any atom is -0.438 e. The van der Waals surface area contributed by atoms with Gasteiger partial charge in [-0.1, -0.05) is 0 Å². The third-order valence-electron chi connectivity index (χ3n) is 4.50. The standard InChI is InChI=1S/C15H23N3O4S/c1-16-23(20,21)14-5-4-13(22-14)15(19)18-8-6-12(7-9-18)17-10-11-2-3-11/h4-5,11-12,16-17H,2-3,6-10H2,1H3. The molecule has 7 nitrogen and oxygen atoms in total. The van der Waals surface area contributed by atoms with Crippen LogP contribution in [0, 0.1) is 5.92 Å². The van der Waals surface area contributed by atoms with Crippen molar-refractivity contribution in [2.24, 2.45) is 5.92 Å². The fraction of sp³-hybridized carbons (Fsp3) is 0.667. The summed E-state index contributed by atoms with van der Waals surface area (Å²) < 4.78 is 30.7. The smallest absolute Gasteiger partial charge is 0.289 e. The number of sulfonamides is 1. The highest BCUT2D eigenvalue weighted by atomic mass is 32.2. The Morgan fingerprint density at radius 3 is 2.57 bits per heavy atom. The monoisotopic (exact) mass is 341 g/mol. The number of hydrogen-bond acceptors (Lipinski definition) is 5. The first-order chi connectivity index (χ1) is 11.0. The van der Waals surface area contributed by atoms with Gasteiger partial charge in [0.15, 0.2) is 5.76 Å². The maximum Gasteiger partial charge on any atom is 0.289 e. The molecule has 2 heterocycles. The molecule has 0 bridgehead atoms. The summed E-state index contributed by atoms with van der Waals surface area (Å²) in [5, 5.41) is 3.33. The average molecular weight is 341 g/mol. The fourth-order valence-electron chi connectivity index (χ4n) is 2.78. The second-order valence-electron chi connectivity index (χ2n) is 6.24. The van der Waals surface area contributed by atoms with E-state index in [1.165, 1.54) is 32.0 Å². The van der Waals surface area contributed by atoms with E-state index >= 15 is 0 Å². The summed E-state index contributed by atoms with van der Waals surface area (Å²) in [4.78, 5) is 14.1. The van der Waals surface area contributed by atoms with Crippen molar-refractivity contribution in [3.05, 3.63) is 17.9 Å². The maximum absolute atomic E-state index is 12.4. The number of carbonyl (C=O) groups excluding carboxylic acids is 1. The largest absolute Gasteiger partial charge is 0.438 e. The normalized spacial score (nSPS) is 20.0. The van der Waals surface area contributed by atoms with Crippen LogP contribution in [-0.2, 0) is 10.0 Å². The van der Waals surface area contributed by atoms with Crippen molar-refractivity contribution in [2.75, 3.05) is 26.7 Å². The molecule has 0 unspecified atom stereocenters. The lowest BCUT2D eigenvalue weighted by molar-refractivity contribution is 0.0667. The Labute approximate surface area is 136 Å². The number of hydrogen-bond donors (Lipinski definition) is 2. The van der Waals surface area contributed by atoms with E-state index in [-0.39, 0.29) is 16.8 Å². The molecule has 2 aliphatic rings. The van der Waals surface area contributed by atoms with Gasteiger partial charge < -0.3 is 14.6 Å². The lowest BCUT2D eigenvalue weighted by Gasteiger charge is -2.32. The predicted octanol–water partition coefficient (Wildman–Crippen LogP) is 0.792. The first-order valence-corrected chi connectivity index (χ1v) is 9.54. The van der Waals surface area contributed by atoms with E-state index in [1.807, 2.05) is 0 Å². The highest BCUT2D eigenvalue weighted by molar-refractivity contribution is 7.89. The summed E-state index contributed by atoms with van der Waals surface area (Å²) >= 11 is 0. The molecule has 23 heavy (non-hydrogen) atoms. The number of nitrogens with one attached hydrogen (secondary N) is 2. The summed E-state index contributed by atoms with van der Waals surface area (Å²) in [7, 11) is -2.35. The lowest BCUT2D eigenvalue weighted by Crippen LogP contribution is -2.45. The predicted molar refractivity (Wildman–Crippen MR) is 84.6 cm³/mol. The Bertz CT molecular complexity index is 658. The average Bonchev–Trinajstić information content (AvgIpc) is 3.26. The molecule has 2 fully saturated rings. The minimum absolute atomic E-state index is 0.0724. The Kier molecular flexibility index (Phi) is 4.74. The van der Waals surface area contributed by atoms with Crippen molar-refractivity contribution in [1.29, 1.82) is 0 Å². The molecule has 0 spiro atoms. The number of carbonyl (C=O) groups is 1. The second kappa shape index (κ2) is 6.62. The van der Waals surface area contributed by atoms with Gasteiger partial charge in [0.25, 0.3) is 15.9 Å². The SMILES string of the molecule is CNS(=O)(=O)c1ccc(C(=O)N2CCC(NCC3CC3)CC2)o1. The van der Waals surface area contributed by atoms with E-state index in [4.69, 9.17) is 4.42 Å². The lowest BCUT2D eigenvalue weighted by atomic mass is 10.0. The van der Waals surface area contributed by atoms with Crippen molar-refractivity contribution in [3.63, 3.8) is 0 Å². The van der Waals surface area contributed by atoms with E-state index in [9.17, 15) is 13.2 Å². The third kappa shape index (κ3) is 3.94. The summed E-state index contributed by atoms with van der Waals surface area (Å²) in [6, 6.07) is 3.20. The van der Waals surface area contributed by atoms with Gasteiger partial charge in [-0.3, -0.25) is 4.79 Å². The summed E-state index contributed by atoms with van der Waals surface area (Å²) in [6.45, 7) is 2.41. The van der Waals surface area contributed by atoms with Crippen molar-refractivity contribution < 1.29 is 17.6 Å². The molecule has 1 amide bonds. The topological polar surface area (TPSA) is 91.7 Å². The third-order valence-corrected chi connectivity index (χ3v) is 5.79. The first-order valence-electron chi connectivity index (χ1n) is 8.05. The summed E-state index contributed by atoms with van der Waals surface area (Å²) in [6.07, 6.45) is 4.50. The van der Waals surface area contributed by atoms with Crippen LogP contribution >= 0.6 is 0 Å². The summed E-state index contributed by atoms with van der Waals surface area (Å²) in [5.41, 5.74) is 0. The van der Waals surface area contributed by atoms with Gasteiger partial charge in [0.2, 0.25) is 5.09 Å². The van der Waals surface area contributed by atoms with E-state index in [0.29, 0.717) is 19.1 Å². The van der Waals surface area contributed by atoms with Crippen LogP contribution < -0.4 is 10.0 Å². The summed E-state index contributed by atoms with van der Waals surface area (Å²) in [5.74, 6) is 0.678. The Hall–Kier alpha value is -1.38. The number of rotatable bonds is 6. The number of amides is 1. The van der Waals surface area contributed by atoms with Crippen molar-refractivity contribution in [3.8, 4) is 0 Å². The van der Waals surface area contributed by atoms with Crippen LogP contribution in [-0.4, -0.2) is 51.9 Å². The van der Waals surface area contributed by atoms with Gasteiger partial charge >= 0.3 is 0 Å². The molecule has 0 radical (unpaired) electrons. The molecule has 1 aliphatic heterocycles. The van der Waals surface area contributed by atoms with Crippen LogP contribution in [0.4, 0.5) is 0 Å². The van der Waals surface area contributed by atoms with Gasteiger partial charge in [-0.25, -0.2) is 13.1 Å². The van der Waals surface area contributed by atoms with Crippen LogP contribution in [0.5, 0.6) is 0 Å². The molecule has 1 aromatic rings. The number of piperidine rings is 1. The van der Waals surface area contributed by atoms with Crippen LogP contribution in [0.3, 0.4) is 0 Å². The molecular weight excluding hydrogens is 318 g/mol. The van der Waals surface area contributed by atoms with E-state index in [2.05, 4.69) is 10.0 Å². The zero-order chi connectivity index (χ0) is 16.4. The molecule has 8 heteroatoms. The second-order valence-corrected chi connectivity index (χ2v) is 8.06. The molecule has 0 aromatic carbocycles. The molecule has 0 atom stereocenters. The quantitative estimate of drug-likeness (QED) is 0.798. The van der Waals surface area contributed by atoms with Gasteiger partial charge in [0.1, 0.15) is 0 Å². The molecule has 1 saturated carbocycles. The highest BCUT2D eigenvalue weighted by Gasteiger charge is 2.28. The van der Waals surface area contributed by atoms with Crippen LogP contribution in [0.2, 0.25) is 0 Å².